The average Bonchev–Trinajstić information content (AvgIpc) is 1.94. The molecule has 14 heavy (non-hydrogen) atoms. The Kier molecular flexibility index (Phi) is 6.26. The first-order valence-corrected chi connectivity index (χ1v) is 6.26. The van der Waals surface area contributed by atoms with E-state index in [0.717, 1.165) is 13.0 Å². The highest BCUT2D eigenvalue weighted by Crippen LogP contribution is 1.96. The van der Waals surface area contributed by atoms with Crippen LogP contribution in [0, 0.1) is 5.92 Å². The molecule has 0 aromatic carbocycles. The molecule has 5 nitrogen and oxygen atoms in total. The molecule has 0 saturated carbocycles. The zero-order chi connectivity index (χ0) is 11.2. The van der Waals surface area contributed by atoms with E-state index < -0.39 is 22.0 Å². The van der Waals surface area contributed by atoms with E-state index in [1.165, 1.54) is 0 Å². The molecule has 86 valence electrons. The molecule has 0 amide bonds. The first-order valence-electron chi connectivity index (χ1n) is 4.65. The summed E-state index contributed by atoms with van der Waals surface area (Å²) in [5, 5.41) is 12.1. The Balaban J connectivity index is 3.50. The van der Waals surface area contributed by atoms with Crippen LogP contribution in [0.25, 0.3) is 0 Å². The van der Waals surface area contributed by atoms with Crippen LogP contribution in [0.15, 0.2) is 0 Å². The molecule has 0 rings (SSSR count). The van der Waals surface area contributed by atoms with Crippen molar-refractivity contribution in [2.75, 3.05) is 18.8 Å². The summed E-state index contributed by atoms with van der Waals surface area (Å²) in [7, 11) is -4.07. The van der Waals surface area contributed by atoms with E-state index in [1.54, 1.807) is 0 Å². The fraction of sp³-hybridized carbons (Fsp3) is 1.00. The molecule has 0 bridgehead atoms. The van der Waals surface area contributed by atoms with Gasteiger partial charge >= 0.3 is 0 Å². The van der Waals surface area contributed by atoms with E-state index in [-0.39, 0.29) is 6.54 Å². The normalized spacial score (nSPS) is 14.6. The SMILES string of the molecule is CC(C)CCNCC(O)CS(=O)(=O)O. The second kappa shape index (κ2) is 6.34. The maximum absolute atomic E-state index is 10.4. The van der Waals surface area contributed by atoms with Crippen molar-refractivity contribution in [2.24, 2.45) is 5.92 Å². The van der Waals surface area contributed by atoms with Crippen LogP contribution in [-0.2, 0) is 10.1 Å². The van der Waals surface area contributed by atoms with Crippen LogP contribution in [0.2, 0.25) is 0 Å². The fourth-order valence-corrected chi connectivity index (χ4v) is 1.57. The lowest BCUT2D eigenvalue weighted by molar-refractivity contribution is 0.190. The lowest BCUT2D eigenvalue weighted by Gasteiger charge is -2.10. The van der Waals surface area contributed by atoms with Crippen molar-refractivity contribution in [3.8, 4) is 0 Å². The molecule has 0 spiro atoms. The zero-order valence-corrected chi connectivity index (χ0v) is 9.42. The third-order valence-electron chi connectivity index (χ3n) is 1.68. The Morgan fingerprint density at radius 3 is 2.36 bits per heavy atom. The standard InChI is InChI=1S/C8H19NO4S/c1-7(2)3-4-9-5-8(10)6-14(11,12)13/h7-10H,3-6H2,1-2H3,(H,11,12,13). The van der Waals surface area contributed by atoms with Gasteiger partial charge in [-0.05, 0) is 18.9 Å². The maximum Gasteiger partial charge on any atom is 0.267 e. The quantitative estimate of drug-likeness (QED) is 0.415. The Hall–Kier alpha value is -0.170. The lowest BCUT2D eigenvalue weighted by Crippen LogP contribution is -2.33. The molecule has 0 aromatic heterocycles. The highest BCUT2D eigenvalue weighted by molar-refractivity contribution is 7.85. The van der Waals surface area contributed by atoms with Crippen LogP contribution in [0.1, 0.15) is 20.3 Å². The van der Waals surface area contributed by atoms with Crippen molar-refractivity contribution in [3.63, 3.8) is 0 Å². The van der Waals surface area contributed by atoms with E-state index in [2.05, 4.69) is 19.2 Å². The van der Waals surface area contributed by atoms with Crippen molar-refractivity contribution >= 4 is 10.1 Å². The molecule has 0 radical (unpaired) electrons. The average molecular weight is 225 g/mol. The first-order chi connectivity index (χ1) is 6.31. The van der Waals surface area contributed by atoms with Gasteiger partial charge in [0, 0.05) is 6.54 Å². The van der Waals surface area contributed by atoms with Gasteiger partial charge in [-0.3, -0.25) is 4.55 Å². The maximum atomic E-state index is 10.4. The summed E-state index contributed by atoms with van der Waals surface area (Å²) in [5.41, 5.74) is 0. The predicted molar refractivity (Wildman–Crippen MR) is 54.7 cm³/mol. The van der Waals surface area contributed by atoms with Crippen molar-refractivity contribution in [1.29, 1.82) is 0 Å². The van der Waals surface area contributed by atoms with Gasteiger partial charge in [0.2, 0.25) is 0 Å². The van der Waals surface area contributed by atoms with E-state index in [9.17, 15) is 8.42 Å². The summed E-state index contributed by atoms with van der Waals surface area (Å²) in [6.07, 6.45) is -0.0735. The van der Waals surface area contributed by atoms with Crippen LogP contribution in [0.3, 0.4) is 0 Å². The van der Waals surface area contributed by atoms with Gasteiger partial charge in [-0.1, -0.05) is 13.8 Å². The van der Waals surface area contributed by atoms with Gasteiger partial charge in [0.05, 0.1) is 6.10 Å². The molecule has 0 heterocycles. The smallest absolute Gasteiger partial charge is 0.267 e. The third-order valence-corrected chi connectivity index (χ3v) is 2.49. The monoisotopic (exact) mass is 225 g/mol. The topological polar surface area (TPSA) is 86.6 Å². The summed E-state index contributed by atoms with van der Waals surface area (Å²) >= 11 is 0. The van der Waals surface area contributed by atoms with Crippen LogP contribution in [0.5, 0.6) is 0 Å². The number of rotatable bonds is 7. The summed E-state index contributed by atoms with van der Waals surface area (Å²) in [6, 6.07) is 0. The summed E-state index contributed by atoms with van der Waals surface area (Å²) in [4.78, 5) is 0. The van der Waals surface area contributed by atoms with Gasteiger partial charge in [0.15, 0.2) is 0 Å². The summed E-state index contributed by atoms with van der Waals surface area (Å²) in [5.74, 6) is -0.0389. The first kappa shape index (κ1) is 13.8. The van der Waals surface area contributed by atoms with Gasteiger partial charge in [0.1, 0.15) is 5.75 Å². The van der Waals surface area contributed by atoms with Crippen LogP contribution in [0.4, 0.5) is 0 Å². The molecule has 0 saturated heterocycles. The zero-order valence-electron chi connectivity index (χ0n) is 8.60. The second-order valence-corrected chi connectivity index (χ2v) is 5.29. The molecule has 0 aromatic rings. The van der Waals surface area contributed by atoms with Gasteiger partial charge in [-0.25, -0.2) is 0 Å². The molecule has 1 atom stereocenters. The van der Waals surface area contributed by atoms with Gasteiger partial charge < -0.3 is 10.4 Å². The van der Waals surface area contributed by atoms with E-state index >= 15 is 0 Å². The number of nitrogens with one attached hydrogen (secondary N) is 1. The molecule has 3 N–H and O–H groups in total. The molecular formula is C8H19NO4S. The Bertz CT molecular complexity index is 238. The molecule has 0 aliphatic carbocycles. The number of hydrogen-bond donors (Lipinski definition) is 3. The van der Waals surface area contributed by atoms with Crippen LogP contribution >= 0.6 is 0 Å². The Morgan fingerprint density at radius 1 is 1.36 bits per heavy atom. The summed E-state index contributed by atoms with van der Waals surface area (Å²) in [6.45, 7) is 5.08. The molecular weight excluding hydrogens is 206 g/mol. The largest absolute Gasteiger partial charge is 0.391 e. The minimum absolute atomic E-state index is 0.187. The second-order valence-electron chi connectivity index (χ2n) is 3.79. The third kappa shape index (κ3) is 9.91. The minimum atomic E-state index is -4.07. The fourth-order valence-electron chi connectivity index (χ4n) is 0.961. The van der Waals surface area contributed by atoms with E-state index in [4.69, 9.17) is 9.66 Å². The summed E-state index contributed by atoms with van der Waals surface area (Å²) < 4.78 is 29.1. The van der Waals surface area contributed by atoms with Crippen molar-refractivity contribution in [1.82, 2.24) is 5.32 Å². The highest BCUT2D eigenvalue weighted by Gasteiger charge is 2.13. The number of aliphatic hydroxyl groups is 1. The minimum Gasteiger partial charge on any atom is -0.391 e. The number of hydrogen-bond acceptors (Lipinski definition) is 4. The highest BCUT2D eigenvalue weighted by atomic mass is 32.2. The van der Waals surface area contributed by atoms with Crippen molar-refractivity contribution in [3.05, 3.63) is 0 Å². The Labute approximate surface area is 85.3 Å². The molecule has 6 heteroatoms. The lowest BCUT2D eigenvalue weighted by atomic mass is 10.1. The van der Waals surface area contributed by atoms with Crippen molar-refractivity contribution < 1.29 is 18.1 Å². The van der Waals surface area contributed by atoms with Gasteiger partial charge in [-0.2, -0.15) is 8.42 Å². The van der Waals surface area contributed by atoms with Gasteiger partial charge in [0.25, 0.3) is 10.1 Å². The molecule has 1 unspecified atom stereocenters. The van der Waals surface area contributed by atoms with Gasteiger partial charge in [-0.15, -0.1) is 0 Å². The van der Waals surface area contributed by atoms with E-state index in [1.807, 2.05) is 0 Å². The molecule has 0 fully saturated rings. The van der Waals surface area contributed by atoms with Crippen LogP contribution in [-0.4, -0.2) is 43.0 Å². The Morgan fingerprint density at radius 2 is 1.93 bits per heavy atom. The van der Waals surface area contributed by atoms with Crippen molar-refractivity contribution in [2.45, 2.75) is 26.4 Å². The van der Waals surface area contributed by atoms with E-state index in [0.29, 0.717) is 5.92 Å². The molecule has 0 aliphatic heterocycles. The van der Waals surface area contributed by atoms with Crippen LogP contribution < -0.4 is 5.32 Å². The number of aliphatic hydroxyl groups excluding tert-OH is 1. The predicted octanol–water partition coefficient (Wildman–Crippen LogP) is -0.129. The molecule has 0 aliphatic rings.